The first kappa shape index (κ1) is 17.0. The molecular weight excluding hydrogens is 360 g/mol. The van der Waals surface area contributed by atoms with Gasteiger partial charge in [-0.05, 0) is 41.7 Å². The van der Waals surface area contributed by atoms with Crippen LogP contribution in [0.5, 0.6) is 0 Å². The van der Waals surface area contributed by atoms with Crippen molar-refractivity contribution in [2.24, 2.45) is 5.92 Å². The van der Waals surface area contributed by atoms with Crippen LogP contribution in [0.15, 0.2) is 20.0 Å². The van der Waals surface area contributed by atoms with Crippen LogP contribution in [-0.4, -0.2) is 46.6 Å². The van der Waals surface area contributed by atoms with Gasteiger partial charge in [-0.3, -0.25) is 0 Å². The van der Waals surface area contributed by atoms with E-state index in [4.69, 9.17) is 9.15 Å². The van der Waals surface area contributed by atoms with E-state index in [-0.39, 0.29) is 9.56 Å². The molecule has 1 heterocycles. The Morgan fingerprint density at radius 1 is 1.52 bits per heavy atom. The molecule has 2 rings (SSSR count). The highest BCUT2D eigenvalue weighted by molar-refractivity contribution is 9.10. The lowest BCUT2D eigenvalue weighted by molar-refractivity contribution is 0.117. The van der Waals surface area contributed by atoms with Gasteiger partial charge in [0, 0.05) is 26.3 Å². The molecule has 0 radical (unpaired) electrons. The van der Waals surface area contributed by atoms with Crippen molar-refractivity contribution in [3.8, 4) is 0 Å². The van der Waals surface area contributed by atoms with Crippen LogP contribution in [0.25, 0.3) is 0 Å². The summed E-state index contributed by atoms with van der Waals surface area (Å²) >= 11 is 3.17. The first-order valence-corrected chi connectivity index (χ1v) is 9.15. The van der Waals surface area contributed by atoms with Crippen LogP contribution in [-0.2, 0) is 21.3 Å². The summed E-state index contributed by atoms with van der Waals surface area (Å²) in [6.07, 6.45) is 2.45. The van der Waals surface area contributed by atoms with Gasteiger partial charge in [0.25, 0.3) is 0 Å². The summed E-state index contributed by atoms with van der Waals surface area (Å²) < 4.78 is 37.3. The second-order valence-electron chi connectivity index (χ2n) is 5.23. The molecular formula is C13H21BrN2O4S. The summed E-state index contributed by atoms with van der Waals surface area (Å²) in [5.41, 5.74) is 0. The lowest BCUT2D eigenvalue weighted by Crippen LogP contribution is -2.30. The molecule has 1 N–H and O–H groups in total. The molecule has 0 atom stereocenters. The van der Waals surface area contributed by atoms with Crippen LogP contribution in [0, 0.1) is 5.92 Å². The molecule has 1 aliphatic carbocycles. The van der Waals surface area contributed by atoms with E-state index >= 15 is 0 Å². The molecule has 1 aromatic rings. The maximum absolute atomic E-state index is 12.5. The second kappa shape index (κ2) is 7.23. The minimum Gasteiger partial charge on any atom is -0.452 e. The fourth-order valence-electron chi connectivity index (χ4n) is 1.85. The number of rotatable bonds is 9. The van der Waals surface area contributed by atoms with Crippen molar-refractivity contribution in [2.45, 2.75) is 24.3 Å². The molecule has 1 fully saturated rings. The molecule has 6 nitrogen and oxygen atoms in total. The van der Waals surface area contributed by atoms with Gasteiger partial charge < -0.3 is 14.5 Å². The smallest absolute Gasteiger partial charge is 0.247 e. The third-order valence-corrected chi connectivity index (χ3v) is 6.06. The Kier molecular flexibility index (Phi) is 5.84. The Labute approximate surface area is 134 Å². The molecule has 1 saturated carbocycles. The number of nitrogens with zero attached hydrogens (tertiary/aromatic N) is 1. The van der Waals surface area contributed by atoms with Gasteiger partial charge in [0.1, 0.15) is 10.7 Å². The number of nitrogens with one attached hydrogen (secondary N) is 1. The number of furan rings is 1. The minimum atomic E-state index is -3.57. The van der Waals surface area contributed by atoms with Crippen LogP contribution in [0.3, 0.4) is 0 Å². The number of likely N-dealkylation sites (N-methyl/N-ethyl adjacent to an activating group) is 1. The second-order valence-corrected chi connectivity index (χ2v) is 7.96. The molecule has 0 amide bonds. The lowest BCUT2D eigenvalue weighted by atomic mass is 10.4. The van der Waals surface area contributed by atoms with Gasteiger partial charge in [-0.15, -0.1) is 0 Å². The van der Waals surface area contributed by atoms with Gasteiger partial charge in [-0.25, -0.2) is 8.42 Å². The average Bonchev–Trinajstić information content (AvgIpc) is 3.17. The molecule has 0 saturated heterocycles. The molecule has 1 aromatic heterocycles. The van der Waals surface area contributed by atoms with Crippen LogP contribution >= 0.6 is 15.9 Å². The average molecular weight is 381 g/mol. The van der Waals surface area contributed by atoms with Gasteiger partial charge in [0.05, 0.1) is 13.2 Å². The Morgan fingerprint density at radius 3 is 2.86 bits per heavy atom. The fraction of sp³-hybridized carbons (Fsp3) is 0.692. The van der Waals surface area contributed by atoms with E-state index in [0.29, 0.717) is 31.4 Å². The van der Waals surface area contributed by atoms with E-state index in [9.17, 15) is 8.42 Å². The summed E-state index contributed by atoms with van der Waals surface area (Å²) in [7, 11) is -0.247. The number of halogens is 1. The van der Waals surface area contributed by atoms with E-state index in [1.807, 2.05) is 0 Å². The van der Waals surface area contributed by atoms with Gasteiger partial charge in [-0.1, -0.05) is 0 Å². The van der Waals surface area contributed by atoms with E-state index < -0.39 is 10.0 Å². The summed E-state index contributed by atoms with van der Waals surface area (Å²) in [6.45, 7) is 1.94. The minimum absolute atomic E-state index is 0.150. The van der Waals surface area contributed by atoms with E-state index in [0.717, 1.165) is 6.61 Å². The third-order valence-electron chi connectivity index (χ3n) is 3.35. The van der Waals surface area contributed by atoms with Gasteiger partial charge in [0.15, 0.2) is 4.67 Å². The zero-order valence-corrected chi connectivity index (χ0v) is 14.7. The van der Waals surface area contributed by atoms with Crippen molar-refractivity contribution >= 4 is 26.0 Å². The van der Waals surface area contributed by atoms with Crippen molar-refractivity contribution in [3.05, 3.63) is 16.5 Å². The lowest BCUT2D eigenvalue weighted by Gasteiger charge is -2.16. The Balaban J connectivity index is 1.94. The van der Waals surface area contributed by atoms with Crippen molar-refractivity contribution in [3.63, 3.8) is 0 Å². The maximum Gasteiger partial charge on any atom is 0.247 e. The molecule has 120 valence electrons. The summed E-state index contributed by atoms with van der Waals surface area (Å²) in [4.78, 5) is 0.150. The molecule has 21 heavy (non-hydrogen) atoms. The molecule has 0 spiro atoms. The Hall–Kier alpha value is -0.410. The number of sulfonamides is 1. The molecule has 1 aliphatic rings. The molecule has 8 heteroatoms. The number of ether oxygens (including phenoxy) is 1. The van der Waals surface area contributed by atoms with Crippen LogP contribution < -0.4 is 5.32 Å². The third kappa shape index (κ3) is 4.53. The Bertz CT molecular complexity index is 569. The Morgan fingerprint density at radius 2 is 2.24 bits per heavy atom. The van der Waals surface area contributed by atoms with E-state index in [1.165, 1.54) is 23.2 Å². The predicted octanol–water partition coefficient (Wildman–Crippen LogP) is 1.81. The van der Waals surface area contributed by atoms with Gasteiger partial charge in [-0.2, -0.15) is 4.31 Å². The van der Waals surface area contributed by atoms with Crippen LogP contribution in [0.2, 0.25) is 0 Å². The normalized spacial score (nSPS) is 15.8. The molecule has 0 aliphatic heterocycles. The van der Waals surface area contributed by atoms with Crippen molar-refractivity contribution in [1.82, 2.24) is 9.62 Å². The van der Waals surface area contributed by atoms with Crippen LogP contribution in [0.4, 0.5) is 0 Å². The van der Waals surface area contributed by atoms with E-state index in [1.54, 1.807) is 14.1 Å². The maximum atomic E-state index is 12.5. The highest BCUT2D eigenvalue weighted by Gasteiger charge is 2.27. The number of hydrogen-bond acceptors (Lipinski definition) is 5. The summed E-state index contributed by atoms with van der Waals surface area (Å²) in [6, 6.07) is 1.54. The largest absolute Gasteiger partial charge is 0.452 e. The first-order chi connectivity index (χ1) is 9.95. The molecule has 0 unspecified atom stereocenters. The zero-order valence-electron chi connectivity index (χ0n) is 12.3. The predicted molar refractivity (Wildman–Crippen MR) is 82.5 cm³/mol. The highest BCUT2D eigenvalue weighted by atomic mass is 79.9. The quantitative estimate of drug-likeness (QED) is 0.661. The topological polar surface area (TPSA) is 71.8 Å². The summed E-state index contributed by atoms with van der Waals surface area (Å²) in [5.74, 6) is 1.25. The summed E-state index contributed by atoms with van der Waals surface area (Å²) in [5, 5.41) is 2.92. The fourth-order valence-corrected chi connectivity index (χ4v) is 3.96. The van der Waals surface area contributed by atoms with E-state index in [2.05, 4.69) is 21.2 Å². The molecule has 0 aromatic carbocycles. The van der Waals surface area contributed by atoms with Crippen molar-refractivity contribution in [2.75, 3.05) is 33.9 Å². The van der Waals surface area contributed by atoms with Crippen LogP contribution in [0.1, 0.15) is 18.6 Å². The van der Waals surface area contributed by atoms with Gasteiger partial charge >= 0.3 is 0 Å². The SMILES string of the molecule is CNCc1cc(S(=O)(=O)N(C)CCOCC2CC2)c(Br)o1. The zero-order chi connectivity index (χ0) is 15.5. The monoisotopic (exact) mass is 380 g/mol. The number of hydrogen-bond donors (Lipinski definition) is 1. The standard InChI is InChI=1S/C13H21BrN2O4S/c1-15-8-11-7-12(13(14)20-11)21(17,18)16(2)5-6-19-9-10-3-4-10/h7,10,15H,3-6,8-9H2,1-2H3. The van der Waals surface area contributed by atoms with Gasteiger partial charge in [0.2, 0.25) is 10.0 Å². The highest BCUT2D eigenvalue weighted by Crippen LogP contribution is 2.29. The molecule has 0 bridgehead atoms. The van der Waals surface area contributed by atoms with Crippen molar-refractivity contribution < 1.29 is 17.6 Å². The van der Waals surface area contributed by atoms with Crippen molar-refractivity contribution in [1.29, 1.82) is 0 Å². The first-order valence-electron chi connectivity index (χ1n) is 6.92.